The van der Waals surface area contributed by atoms with E-state index >= 15 is 0 Å². The van der Waals surface area contributed by atoms with Crippen LogP contribution in [-0.4, -0.2) is 42.3 Å². The number of hydrogen-bond donors (Lipinski definition) is 3. The van der Waals surface area contributed by atoms with Gasteiger partial charge in [-0.2, -0.15) is 5.10 Å². The molecule has 35 heavy (non-hydrogen) atoms. The quantitative estimate of drug-likeness (QED) is 0.346. The first-order chi connectivity index (χ1) is 16.9. The van der Waals surface area contributed by atoms with E-state index in [0.29, 0.717) is 46.3 Å². The fraction of sp³-hybridized carbons (Fsp3) is 0.120. The fourth-order valence-electron chi connectivity index (χ4n) is 4.76. The normalized spacial score (nSPS) is 15.5. The number of carbonyl (C=O) groups is 1. The largest absolute Gasteiger partial charge is 0.505 e. The van der Waals surface area contributed by atoms with Gasteiger partial charge in [-0.05, 0) is 36.3 Å². The summed E-state index contributed by atoms with van der Waals surface area (Å²) in [6.45, 7) is 4.01. The zero-order chi connectivity index (χ0) is 24.3. The number of fused-ring (bicyclic) bond motifs is 3. The number of aromatic hydroxyl groups is 1. The number of para-hydroxylation sites is 1. The second kappa shape index (κ2) is 7.66. The van der Waals surface area contributed by atoms with Crippen LogP contribution in [0.5, 0.6) is 5.75 Å². The summed E-state index contributed by atoms with van der Waals surface area (Å²) in [6, 6.07) is 11.8. The molecule has 1 amide bonds. The van der Waals surface area contributed by atoms with Gasteiger partial charge in [-0.1, -0.05) is 24.8 Å². The van der Waals surface area contributed by atoms with Crippen LogP contribution in [0.3, 0.4) is 0 Å². The minimum absolute atomic E-state index is 0.203. The molecule has 1 unspecified atom stereocenters. The molecule has 0 bridgehead atoms. The van der Waals surface area contributed by atoms with E-state index in [4.69, 9.17) is 10.8 Å². The monoisotopic (exact) mass is 469 g/mol. The summed E-state index contributed by atoms with van der Waals surface area (Å²) in [4.78, 5) is 26.2. The van der Waals surface area contributed by atoms with Crippen molar-refractivity contribution in [3.8, 4) is 17.1 Å². The molecule has 4 N–H and O–H groups in total. The van der Waals surface area contributed by atoms with Gasteiger partial charge in [-0.15, -0.1) is 0 Å². The Balaban J connectivity index is 1.53. The lowest BCUT2D eigenvalue weighted by Crippen LogP contribution is -2.40. The van der Waals surface area contributed by atoms with Crippen LogP contribution in [0.1, 0.15) is 11.6 Å². The summed E-state index contributed by atoms with van der Waals surface area (Å²) >= 11 is 0. The number of H-pyrrole nitrogens is 1. The molecule has 0 spiro atoms. The standard InChI is InChI=1S/C25H20FN7O2/c1-2-21(35)32-11-15(7-13-5-3-4-6-19(13)32)33-25-22(24(27)28-12-29-25)23(31-33)18-9-14-8-16(26)20(34)10-17(14)30-18/h2-6,8-10,12,15,30,34H,1,7,11H2,(H2,27,28,29). The topological polar surface area (TPSA) is 126 Å². The molecule has 0 fully saturated rings. The molecule has 3 aromatic heterocycles. The maximum Gasteiger partial charge on any atom is 0.250 e. The number of benzene rings is 2. The van der Waals surface area contributed by atoms with Gasteiger partial charge < -0.3 is 20.7 Å². The van der Waals surface area contributed by atoms with Crippen molar-refractivity contribution in [3.05, 3.63) is 72.8 Å². The summed E-state index contributed by atoms with van der Waals surface area (Å²) in [5.74, 6) is -1.12. The number of hydrogen-bond acceptors (Lipinski definition) is 6. The van der Waals surface area contributed by atoms with Gasteiger partial charge in [0.15, 0.2) is 17.2 Å². The molecular formula is C25H20FN7O2. The van der Waals surface area contributed by atoms with Gasteiger partial charge in [0.25, 0.3) is 0 Å². The Labute approximate surface area is 198 Å². The lowest BCUT2D eigenvalue weighted by atomic mass is 9.97. The highest BCUT2D eigenvalue weighted by Crippen LogP contribution is 2.37. The molecule has 1 aliphatic heterocycles. The van der Waals surface area contributed by atoms with Crippen LogP contribution < -0.4 is 10.6 Å². The minimum atomic E-state index is -0.714. The molecule has 174 valence electrons. The molecule has 0 saturated heterocycles. The van der Waals surface area contributed by atoms with Crippen molar-refractivity contribution < 1.29 is 14.3 Å². The maximum atomic E-state index is 13.9. The third-order valence-electron chi connectivity index (χ3n) is 6.38. The number of amides is 1. The van der Waals surface area contributed by atoms with Gasteiger partial charge >= 0.3 is 0 Å². The Bertz CT molecular complexity index is 1620. The molecular weight excluding hydrogens is 449 g/mol. The van der Waals surface area contributed by atoms with Crippen LogP contribution in [0.2, 0.25) is 0 Å². The summed E-state index contributed by atoms with van der Waals surface area (Å²) in [5.41, 5.74) is 10.2. The number of rotatable bonds is 3. The zero-order valence-electron chi connectivity index (χ0n) is 18.4. The third-order valence-corrected chi connectivity index (χ3v) is 6.38. The Kier molecular flexibility index (Phi) is 4.56. The van der Waals surface area contributed by atoms with E-state index in [2.05, 4.69) is 21.5 Å². The Hall–Kier alpha value is -4.73. The highest BCUT2D eigenvalue weighted by atomic mass is 19.1. The number of anilines is 2. The molecule has 1 atom stereocenters. The number of nitrogens with two attached hydrogens (primary N) is 1. The molecule has 5 aromatic rings. The van der Waals surface area contributed by atoms with Gasteiger partial charge in [0.2, 0.25) is 5.91 Å². The number of nitrogen functional groups attached to an aromatic ring is 1. The number of nitrogens with one attached hydrogen (secondary N) is 1. The second-order valence-corrected chi connectivity index (χ2v) is 8.46. The van der Waals surface area contributed by atoms with Gasteiger partial charge in [0.1, 0.15) is 17.8 Å². The van der Waals surface area contributed by atoms with E-state index in [9.17, 15) is 14.3 Å². The van der Waals surface area contributed by atoms with Crippen molar-refractivity contribution in [2.24, 2.45) is 0 Å². The second-order valence-electron chi connectivity index (χ2n) is 8.46. The lowest BCUT2D eigenvalue weighted by Gasteiger charge is -2.34. The van der Waals surface area contributed by atoms with Gasteiger partial charge in [0.05, 0.1) is 17.1 Å². The van der Waals surface area contributed by atoms with Crippen molar-refractivity contribution in [2.45, 2.75) is 12.5 Å². The number of aromatic amines is 1. The molecule has 0 saturated carbocycles. The van der Waals surface area contributed by atoms with Crippen LogP contribution in [0.25, 0.3) is 33.3 Å². The van der Waals surface area contributed by atoms with Crippen LogP contribution in [-0.2, 0) is 11.2 Å². The molecule has 0 radical (unpaired) electrons. The number of nitrogens with zero attached hydrogens (tertiary/aromatic N) is 5. The summed E-state index contributed by atoms with van der Waals surface area (Å²) in [5, 5.41) is 15.7. The molecule has 1 aliphatic rings. The first-order valence-corrected chi connectivity index (χ1v) is 11.0. The van der Waals surface area contributed by atoms with Crippen molar-refractivity contribution in [2.75, 3.05) is 17.2 Å². The summed E-state index contributed by atoms with van der Waals surface area (Å²) < 4.78 is 15.7. The summed E-state index contributed by atoms with van der Waals surface area (Å²) in [6.07, 6.45) is 3.30. The smallest absolute Gasteiger partial charge is 0.250 e. The van der Waals surface area contributed by atoms with Crippen LogP contribution in [0.4, 0.5) is 15.9 Å². The predicted molar refractivity (Wildman–Crippen MR) is 130 cm³/mol. The zero-order valence-corrected chi connectivity index (χ0v) is 18.4. The Morgan fingerprint density at radius 2 is 2.09 bits per heavy atom. The predicted octanol–water partition coefficient (Wildman–Crippen LogP) is 3.72. The average molecular weight is 469 g/mol. The molecule has 10 heteroatoms. The number of aromatic nitrogens is 5. The minimum Gasteiger partial charge on any atom is -0.505 e. The molecule has 4 heterocycles. The maximum absolute atomic E-state index is 13.9. The van der Waals surface area contributed by atoms with E-state index in [1.807, 2.05) is 24.3 Å². The Morgan fingerprint density at radius 1 is 1.26 bits per heavy atom. The number of phenols is 1. The highest BCUT2D eigenvalue weighted by molar-refractivity contribution is 6.02. The van der Waals surface area contributed by atoms with E-state index in [1.165, 1.54) is 24.5 Å². The van der Waals surface area contributed by atoms with Crippen molar-refractivity contribution in [1.29, 1.82) is 0 Å². The fourth-order valence-corrected chi connectivity index (χ4v) is 4.76. The van der Waals surface area contributed by atoms with Crippen LogP contribution >= 0.6 is 0 Å². The van der Waals surface area contributed by atoms with E-state index in [0.717, 1.165) is 11.3 Å². The highest BCUT2D eigenvalue weighted by Gasteiger charge is 2.31. The molecule has 2 aromatic carbocycles. The van der Waals surface area contributed by atoms with Crippen LogP contribution in [0.15, 0.2) is 61.4 Å². The van der Waals surface area contributed by atoms with Crippen molar-refractivity contribution >= 4 is 39.3 Å². The van der Waals surface area contributed by atoms with Gasteiger partial charge in [0, 0.05) is 29.2 Å². The van der Waals surface area contributed by atoms with Crippen molar-refractivity contribution in [1.82, 2.24) is 24.7 Å². The van der Waals surface area contributed by atoms with Gasteiger partial charge in [-0.3, -0.25) is 4.79 Å². The Morgan fingerprint density at radius 3 is 2.91 bits per heavy atom. The van der Waals surface area contributed by atoms with E-state index < -0.39 is 11.6 Å². The lowest BCUT2D eigenvalue weighted by molar-refractivity contribution is -0.114. The van der Waals surface area contributed by atoms with Gasteiger partial charge in [-0.25, -0.2) is 19.0 Å². The number of halogens is 1. The average Bonchev–Trinajstić information content (AvgIpc) is 3.45. The number of carbonyl (C=O) groups excluding carboxylic acids is 1. The number of phenolic OH excluding ortho intramolecular Hbond substituents is 1. The molecule has 9 nitrogen and oxygen atoms in total. The van der Waals surface area contributed by atoms with Crippen molar-refractivity contribution in [3.63, 3.8) is 0 Å². The van der Waals surface area contributed by atoms with E-state index in [-0.39, 0.29) is 17.8 Å². The summed E-state index contributed by atoms with van der Waals surface area (Å²) in [7, 11) is 0. The first kappa shape index (κ1) is 20.8. The SMILES string of the molecule is C=CC(=O)N1CC(n2nc(-c3cc4cc(F)c(O)cc4[nH]3)c3c(N)ncnc32)Cc2ccccc21. The third kappa shape index (κ3) is 3.22. The molecule has 6 rings (SSSR count). The first-order valence-electron chi connectivity index (χ1n) is 11.0. The molecule has 0 aliphatic carbocycles. The van der Waals surface area contributed by atoms with E-state index in [1.54, 1.807) is 15.6 Å². The van der Waals surface area contributed by atoms with Crippen LogP contribution in [0, 0.1) is 5.82 Å².